The molecule has 0 aromatic heterocycles. The van der Waals surface area contributed by atoms with Gasteiger partial charge >= 0.3 is 0 Å². The standard InChI is InChI=1S/C13H19Cl2NO/c1-11(12-3-5-13(15)6-4-12)16(2)8-10-17-9-7-14/h3-6,11H,7-10H2,1-2H3. The number of benzene rings is 1. The van der Waals surface area contributed by atoms with Crippen LogP contribution in [-0.4, -0.2) is 37.6 Å². The molecule has 4 heteroatoms. The van der Waals surface area contributed by atoms with Gasteiger partial charge in [-0.3, -0.25) is 4.90 Å². The third kappa shape index (κ3) is 5.26. The largest absolute Gasteiger partial charge is 0.379 e. The van der Waals surface area contributed by atoms with Crippen molar-refractivity contribution in [1.82, 2.24) is 4.90 Å². The molecule has 1 rings (SSSR count). The molecule has 0 amide bonds. The van der Waals surface area contributed by atoms with Crippen molar-refractivity contribution in [3.63, 3.8) is 0 Å². The van der Waals surface area contributed by atoms with E-state index in [9.17, 15) is 0 Å². The summed E-state index contributed by atoms with van der Waals surface area (Å²) in [4.78, 5) is 2.25. The average molecular weight is 276 g/mol. The molecule has 96 valence electrons. The monoisotopic (exact) mass is 275 g/mol. The van der Waals surface area contributed by atoms with E-state index in [1.807, 2.05) is 12.1 Å². The second-order valence-corrected chi connectivity index (χ2v) is 4.82. The van der Waals surface area contributed by atoms with Crippen LogP contribution in [0.15, 0.2) is 24.3 Å². The molecule has 0 saturated heterocycles. The highest BCUT2D eigenvalue weighted by Gasteiger charge is 2.10. The molecule has 1 aromatic rings. The maximum atomic E-state index is 5.87. The first-order valence-corrected chi connectivity index (χ1v) is 6.66. The predicted molar refractivity (Wildman–Crippen MR) is 74.0 cm³/mol. The number of hydrogen-bond acceptors (Lipinski definition) is 2. The fraction of sp³-hybridized carbons (Fsp3) is 0.538. The van der Waals surface area contributed by atoms with Gasteiger partial charge in [0.1, 0.15) is 0 Å². The van der Waals surface area contributed by atoms with E-state index in [2.05, 4.69) is 31.0 Å². The number of halogens is 2. The van der Waals surface area contributed by atoms with E-state index in [-0.39, 0.29) is 0 Å². The van der Waals surface area contributed by atoms with Crippen LogP contribution in [0, 0.1) is 0 Å². The van der Waals surface area contributed by atoms with Crippen molar-refractivity contribution < 1.29 is 4.74 Å². The summed E-state index contributed by atoms with van der Waals surface area (Å²) in [6.45, 7) is 4.39. The molecule has 0 radical (unpaired) electrons. The van der Waals surface area contributed by atoms with Crippen LogP contribution < -0.4 is 0 Å². The summed E-state index contributed by atoms with van der Waals surface area (Å²) in [5.41, 5.74) is 1.26. The highest BCUT2D eigenvalue weighted by atomic mass is 35.5. The molecule has 0 aliphatic carbocycles. The van der Waals surface area contributed by atoms with Crippen LogP contribution in [0.5, 0.6) is 0 Å². The summed E-state index contributed by atoms with van der Waals surface area (Å²) >= 11 is 11.4. The first kappa shape index (κ1) is 14.8. The Labute approximate surface area is 113 Å². The van der Waals surface area contributed by atoms with E-state index in [0.29, 0.717) is 25.1 Å². The van der Waals surface area contributed by atoms with Crippen LogP contribution in [0.2, 0.25) is 5.02 Å². The van der Waals surface area contributed by atoms with Crippen LogP contribution in [0.4, 0.5) is 0 Å². The van der Waals surface area contributed by atoms with Gasteiger partial charge in [-0.05, 0) is 31.7 Å². The summed E-state index contributed by atoms with van der Waals surface area (Å²) in [6.07, 6.45) is 0. The van der Waals surface area contributed by atoms with Crippen molar-refractivity contribution in [2.24, 2.45) is 0 Å². The smallest absolute Gasteiger partial charge is 0.0602 e. The fourth-order valence-corrected chi connectivity index (χ4v) is 1.79. The van der Waals surface area contributed by atoms with E-state index in [0.717, 1.165) is 11.6 Å². The third-order valence-corrected chi connectivity index (χ3v) is 3.23. The van der Waals surface area contributed by atoms with Crippen molar-refractivity contribution in [2.45, 2.75) is 13.0 Å². The fourth-order valence-electron chi connectivity index (χ4n) is 1.55. The number of rotatable bonds is 7. The van der Waals surface area contributed by atoms with Crippen LogP contribution in [0.3, 0.4) is 0 Å². The van der Waals surface area contributed by atoms with Gasteiger partial charge in [0.15, 0.2) is 0 Å². The number of ether oxygens (including phenoxy) is 1. The highest BCUT2D eigenvalue weighted by Crippen LogP contribution is 2.20. The molecule has 17 heavy (non-hydrogen) atoms. The molecule has 0 spiro atoms. The first-order valence-electron chi connectivity index (χ1n) is 5.74. The SMILES string of the molecule is CC(c1ccc(Cl)cc1)N(C)CCOCCCl. The molecular formula is C13H19Cl2NO. The summed E-state index contributed by atoms with van der Waals surface area (Å²) < 4.78 is 5.36. The topological polar surface area (TPSA) is 12.5 Å². The zero-order chi connectivity index (χ0) is 12.7. The quantitative estimate of drug-likeness (QED) is 0.557. The third-order valence-electron chi connectivity index (χ3n) is 2.82. The zero-order valence-electron chi connectivity index (χ0n) is 10.3. The molecule has 2 nitrogen and oxygen atoms in total. The zero-order valence-corrected chi connectivity index (χ0v) is 11.8. The minimum Gasteiger partial charge on any atom is -0.379 e. The molecule has 1 unspecified atom stereocenters. The second-order valence-electron chi connectivity index (χ2n) is 4.01. The van der Waals surface area contributed by atoms with Gasteiger partial charge < -0.3 is 4.74 Å². The maximum absolute atomic E-state index is 5.87. The van der Waals surface area contributed by atoms with Crippen LogP contribution in [-0.2, 0) is 4.74 Å². The van der Waals surface area contributed by atoms with E-state index >= 15 is 0 Å². The molecule has 0 aliphatic heterocycles. The van der Waals surface area contributed by atoms with Gasteiger partial charge in [0.05, 0.1) is 13.2 Å². The van der Waals surface area contributed by atoms with E-state index in [1.54, 1.807) is 0 Å². The van der Waals surface area contributed by atoms with Crippen LogP contribution in [0.1, 0.15) is 18.5 Å². The van der Waals surface area contributed by atoms with Crippen LogP contribution >= 0.6 is 23.2 Å². The molecule has 1 aromatic carbocycles. The molecule has 0 aliphatic rings. The Bertz CT molecular complexity index is 316. The first-order chi connectivity index (χ1) is 8.15. The minimum atomic E-state index is 0.354. The Hall–Kier alpha value is -0.280. The lowest BCUT2D eigenvalue weighted by Crippen LogP contribution is -2.26. The summed E-state index contributed by atoms with van der Waals surface area (Å²) in [5.74, 6) is 0.552. The Morgan fingerprint density at radius 3 is 2.47 bits per heavy atom. The summed E-state index contributed by atoms with van der Waals surface area (Å²) in [6, 6.07) is 8.31. The number of likely N-dealkylation sites (N-methyl/N-ethyl adjacent to an activating group) is 1. The minimum absolute atomic E-state index is 0.354. The number of alkyl halides is 1. The van der Waals surface area contributed by atoms with Gasteiger partial charge in [-0.25, -0.2) is 0 Å². The Morgan fingerprint density at radius 2 is 1.88 bits per heavy atom. The van der Waals surface area contributed by atoms with Gasteiger partial charge in [-0.2, -0.15) is 0 Å². The molecule has 0 heterocycles. The molecular weight excluding hydrogens is 257 g/mol. The average Bonchev–Trinajstić information content (AvgIpc) is 2.34. The normalized spacial score (nSPS) is 13.0. The van der Waals surface area contributed by atoms with Crippen molar-refractivity contribution in [3.05, 3.63) is 34.9 Å². The Balaban J connectivity index is 2.40. The molecule has 1 atom stereocenters. The van der Waals surface area contributed by atoms with Gasteiger partial charge in [0.2, 0.25) is 0 Å². The van der Waals surface area contributed by atoms with Crippen molar-refractivity contribution in [2.75, 3.05) is 32.7 Å². The van der Waals surface area contributed by atoms with Crippen LogP contribution in [0.25, 0.3) is 0 Å². The van der Waals surface area contributed by atoms with E-state index in [1.165, 1.54) is 5.56 Å². The van der Waals surface area contributed by atoms with E-state index < -0.39 is 0 Å². The lowest BCUT2D eigenvalue weighted by atomic mass is 10.1. The lowest BCUT2D eigenvalue weighted by molar-refractivity contribution is 0.111. The van der Waals surface area contributed by atoms with Crippen molar-refractivity contribution in [3.8, 4) is 0 Å². The molecule has 0 N–H and O–H groups in total. The predicted octanol–water partition coefficient (Wildman–Crippen LogP) is 3.59. The second kappa shape index (κ2) is 7.93. The Kier molecular flexibility index (Phi) is 6.90. The van der Waals surface area contributed by atoms with E-state index in [4.69, 9.17) is 27.9 Å². The number of nitrogens with zero attached hydrogens (tertiary/aromatic N) is 1. The molecule has 0 bridgehead atoms. The highest BCUT2D eigenvalue weighted by molar-refractivity contribution is 6.30. The van der Waals surface area contributed by atoms with Gasteiger partial charge in [0.25, 0.3) is 0 Å². The van der Waals surface area contributed by atoms with Crippen molar-refractivity contribution >= 4 is 23.2 Å². The molecule has 0 saturated carbocycles. The Morgan fingerprint density at radius 1 is 1.24 bits per heavy atom. The maximum Gasteiger partial charge on any atom is 0.0602 e. The number of hydrogen-bond donors (Lipinski definition) is 0. The van der Waals surface area contributed by atoms with Gasteiger partial charge in [0, 0.05) is 23.5 Å². The van der Waals surface area contributed by atoms with Gasteiger partial charge in [-0.15, -0.1) is 11.6 Å². The molecule has 0 fully saturated rings. The summed E-state index contributed by atoms with van der Waals surface area (Å²) in [7, 11) is 2.09. The lowest BCUT2D eigenvalue weighted by Gasteiger charge is -2.25. The van der Waals surface area contributed by atoms with Gasteiger partial charge in [-0.1, -0.05) is 23.7 Å². The summed E-state index contributed by atoms with van der Waals surface area (Å²) in [5, 5.41) is 0.772. The van der Waals surface area contributed by atoms with Crippen molar-refractivity contribution in [1.29, 1.82) is 0 Å².